The number of methoxy groups -OCH3 is 1. The molecule has 6 rings (SSSR count). The number of aromatic amines is 1. The minimum Gasteiger partial charge on any atom is -0.465 e. The van der Waals surface area contributed by atoms with Crippen molar-refractivity contribution in [3.63, 3.8) is 0 Å². The van der Waals surface area contributed by atoms with Gasteiger partial charge in [0.1, 0.15) is 11.6 Å². The van der Waals surface area contributed by atoms with Gasteiger partial charge in [-0.15, -0.1) is 0 Å². The van der Waals surface area contributed by atoms with Crippen molar-refractivity contribution in [2.24, 2.45) is 0 Å². The van der Waals surface area contributed by atoms with Crippen LogP contribution < -0.4 is 5.69 Å². The average molecular weight is 685 g/mol. The van der Waals surface area contributed by atoms with Crippen molar-refractivity contribution in [3.05, 3.63) is 94.4 Å². The fourth-order valence-electron chi connectivity index (χ4n) is 7.39. The van der Waals surface area contributed by atoms with Crippen molar-refractivity contribution in [3.8, 4) is 5.69 Å². The van der Waals surface area contributed by atoms with E-state index in [1.54, 1.807) is 25.3 Å². The number of ether oxygens (including phenoxy) is 1. The molecule has 12 heteroatoms. The summed E-state index contributed by atoms with van der Waals surface area (Å²) in [6, 6.07) is 18.8. The number of nitrogens with one attached hydrogen (secondary N) is 1. The molecule has 3 heterocycles. The Bertz CT molecular complexity index is 2040. The normalized spacial score (nSPS) is 15.9. The van der Waals surface area contributed by atoms with E-state index in [0.29, 0.717) is 42.8 Å². The van der Waals surface area contributed by atoms with Gasteiger partial charge in [0.05, 0.1) is 27.8 Å². The lowest BCUT2D eigenvalue weighted by molar-refractivity contribution is -0.134. The molecule has 0 radical (unpaired) electrons. The minimum absolute atomic E-state index is 0.0236. The first-order valence-corrected chi connectivity index (χ1v) is 17.2. The van der Waals surface area contributed by atoms with Gasteiger partial charge in [-0.05, 0) is 94.5 Å². The smallest absolute Gasteiger partial charge is 0.408 e. The summed E-state index contributed by atoms with van der Waals surface area (Å²) in [6.07, 6.45) is 1.81. The molecule has 2 N–H and O–H groups in total. The molecule has 1 aliphatic rings. The van der Waals surface area contributed by atoms with E-state index >= 15 is 0 Å². The number of imidazole rings is 2. The number of carboxylic acid groups (broad SMARTS) is 1. The minimum atomic E-state index is -1.09. The number of aryl methyl sites for hydroxylation is 1. The van der Waals surface area contributed by atoms with Crippen LogP contribution in [-0.2, 0) is 22.5 Å². The number of para-hydroxylation sites is 2. The number of hydrogen-bond donors (Lipinski definition) is 2. The molecule has 2 aromatic heterocycles. The van der Waals surface area contributed by atoms with Gasteiger partial charge in [-0.3, -0.25) is 14.3 Å². The number of carbonyl (C=O) groups excluding carboxylic acids is 1. The third kappa shape index (κ3) is 7.30. The number of amides is 2. The molecule has 3 aromatic carbocycles. The van der Waals surface area contributed by atoms with Crippen LogP contribution in [-0.4, -0.2) is 84.4 Å². The van der Waals surface area contributed by atoms with Gasteiger partial charge in [-0.1, -0.05) is 24.3 Å². The van der Waals surface area contributed by atoms with Gasteiger partial charge in [0.2, 0.25) is 5.91 Å². The number of halogens is 1. The number of rotatable bonds is 11. The van der Waals surface area contributed by atoms with Crippen molar-refractivity contribution >= 4 is 34.1 Å². The van der Waals surface area contributed by atoms with E-state index in [9.17, 15) is 23.9 Å². The van der Waals surface area contributed by atoms with Crippen LogP contribution in [0.25, 0.3) is 27.8 Å². The topological polar surface area (TPSA) is 126 Å². The van der Waals surface area contributed by atoms with E-state index in [-0.39, 0.29) is 18.2 Å². The van der Waals surface area contributed by atoms with E-state index < -0.39 is 29.2 Å². The van der Waals surface area contributed by atoms with Crippen LogP contribution >= 0.6 is 0 Å². The highest BCUT2D eigenvalue weighted by molar-refractivity contribution is 5.79. The predicted octanol–water partition coefficient (Wildman–Crippen LogP) is 6.33. The van der Waals surface area contributed by atoms with E-state index in [0.717, 1.165) is 48.2 Å². The van der Waals surface area contributed by atoms with Crippen molar-refractivity contribution in [1.82, 2.24) is 28.9 Å². The lowest BCUT2D eigenvalue weighted by atomic mass is 9.93. The Morgan fingerprint density at radius 2 is 1.86 bits per heavy atom. The van der Waals surface area contributed by atoms with Crippen molar-refractivity contribution in [2.45, 2.75) is 76.9 Å². The maximum Gasteiger partial charge on any atom is 0.408 e. The highest BCUT2D eigenvalue weighted by Crippen LogP contribution is 2.31. The van der Waals surface area contributed by atoms with Crippen LogP contribution in [0.3, 0.4) is 0 Å². The summed E-state index contributed by atoms with van der Waals surface area (Å²) < 4.78 is 22.8. The number of aromatic nitrogens is 4. The fraction of sp³-hybridized carbons (Fsp3) is 0.421. The highest BCUT2D eigenvalue weighted by atomic mass is 19.1. The Hall–Kier alpha value is -4.97. The van der Waals surface area contributed by atoms with E-state index in [1.807, 2.05) is 56.0 Å². The largest absolute Gasteiger partial charge is 0.465 e. The van der Waals surface area contributed by atoms with Gasteiger partial charge >= 0.3 is 11.8 Å². The number of hydrogen-bond acceptors (Lipinski definition) is 5. The quantitative estimate of drug-likeness (QED) is 0.157. The molecule has 5 aromatic rings. The Labute approximate surface area is 290 Å². The lowest BCUT2D eigenvalue weighted by Gasteiger charge is -2.41. The maximum atomic E-state index is 14.1. The standard InChI is InChI=1S/C38H45FN6O5/c1-38(2,3)45(37(48)49)29(21-25-12-15-28(16-13-25)44-33-17-14-27(39)22-31(33)41-36(44)47)23-34(46)42-18-7-9-26(24-42)35-40-30-10-5-6-11-32(30)43(35)19-8-20-50-4/h5-6,10-17,22,26,29H,7-9,18-21,23-24H2,1-4H3,(H,41,47)(H,48,49)/t26-,29-/m1/s1. The van der Waals surface area contributed by atoms with Crippen LogP contribution in [0.2, 0.25) is 0 Å². The Morgan fingerprint density at radius 3 is 2.58 bits per heavy atom. The van der Waals surface area contributed by atoms with Crippen molar-refractivity contribution in [1.29, 1.82) is 0 Å². The molecular weight excluding hydrogens is 639 g/mol. The lowest BCUT2D eigenvalue weighted by Crippen LogP contribution is -2.54. The molecule has 1 saturated heterocycles. The molecule has 2 amide bonds. The number of piperidine rings is 1. The second kappa shape index (κ2) is 14.5. The first kappa shape index (κ1) is 34.9. The van der Waals surface area contributed by atoms with Crippen molar-refractivity contribution in [2.75, 3.05) is 26.8 Å². The summed E-state index contributed by atoms with van der Waals surface area (Å²) in [5, 5.41) is 10.4. The zero-order valence-electron chi connectivity index (χ0n) is 29.1. The van der Waals surface area contributed by atoms with Gasteiger partial charge in [-0.2, -0.15) is 0 Å². The van der Waals surface area contributed by atoms with Crippen LogP contribution in [0.4, 0.5) is 9.18 Å². The molecule has 0 unspecified atom stereocenters. The summed E-state index contributed by atoms with van der Waals surface area (Å²) in [5.74, 6) is 0.488. The molecule has 1 aliphatic heterocycles. The van der Waals surface area contributed by atoms with Crippen molar-refractivity contribution < 1.29 is 23.8 Å². The molecule has 0 spiro atoms. The van der Waals surface area contributed by atoms with E-state index in [4.69, 9.17) is 9.72 Å². The average Bonchev–Trinajstić information content (AvgIpc) is 3.61. The number of benzene rings is 3. The van der Waals surface area contributed by atoms with Gasteiger partial charge in [-0.25, -0.2) is 19.0 Å². The Balaban J connectivity index is 1.23. The Morgan fingerprint density at radius 1 is 1.10 bits per heavy atom. The predicted molar refractivity (Wildman–Crippen MR) is 190 cm³/mol. The number of likely N-dealkylation sites (tertiary alicyclic amines) is 1. The number of carbonyl (C=O) groups is 2. The zero-order chi connectivity index (χ0) is 35.6. The van der Waals surface area contributed by atoms with Gasteiger partial charge in [0.25, 0.3) is 0 Å². The summed E-state index contributed by atoms with van der Waals surface area (Å²) in [5.41, 5.74) is 3.19. The summed E-state index contributed by atoms with van der Waals surface area (Å²) in [4.78, 5) is 50.5. The first-order chi connectivity index (χ1) is 23.9. The SMILES string of the molecule is COCCCn1c([C@@H]2CCCN(C(=O)C[C@@H](Cc3ccc(-n4c(=O)[nH]c5cc(F)ccc54)cc3)N(C(=O)O)C(C)(C)C)C2)nc2ccccc21. The third-order valence-corrected chi connectivity index (χ3v) is 9.57. The number of nitrogens with zero attached hydrogens (tertiary/aromatic N) is 5. The van der Waals surface area contributed by atoms with Crippen LogP contribution in [0, 0.1) is 5.82 Å². The van der Waals surface area contributed by atoms with E-state index in [1.165, 1.54) is 21.6 Å². The van der Waals surface area contributed by atoms with Crippen LogP contribution in [0.1, 0.15) is 63.8 Å². The fourth-order valence-corrected chi connectivity index (χ4v) is 7.39. The van der Waals surface area contributed by atoms with Gasteiger partial charge in [0.15, 0.2) is 0 Å². The molecule has 0 saturated carbocycles. The van der Waals surface area contributed by atoms with Gasteiger partial charge in [0, 0.05) is 57.3 Å². The molecule has 0 bridgehead atoms. The van der Waals surface area contributed by atoms with Crippen LogP contribution in [0.5, 0.6) is 0 Å². The zero-order valence-corrected chi connectivity index (χ0v) is 29.1. The summed E-state index contributed by atoms with van der Waals surface area (Å²) in [7, 11) is 1.70. The highest BCUT2D eigenvalue weighted by Gasteiger charge is 2.37. The second-order valence-corrected chi connectivity index (χ2v) is 14.1. The molecule has 1 fully saturated rings. The second-order valence-electron chi connectivity index (χ2n) is 14.1. The molecular formula is C38H45FN6O5. The van der Waals surface area contributed by atoms with Gasteiger partial charge < -0.3 is 24.3 Å². The maximum absolute atomic E-state index is 14.1. The van der Waals surface area contributed by atoms with E-state index in [2.05, 4.69) is 15.6 Å². The molecule has 264 valence electrons. The first-order valence-electron chi connectivity index (χ1n) is 17.2. The summed E-state index contributed by atoms with van der Waals surface area (Å²) >= 11 is 0. The molecule has 2 atom stereocenters. The monoisotopic (exact) mass is 684 g/mol. The Kier molecular flexibility index (Phi) is 10.1. The molecule has 50 heavy (non-hydrogen) atoms. The third-order valence-electron chi connectivity index (χ3n) is 9.57. The van der Waals surface area contributed by atoms with Crippen LogP contribution in [0.15, 0.2) is 71.5 Å². The number of fused-ring (bicyclic) bond motifs is 2. The number of H-pyrrole nitrogens is 1. The summed E-state index contributed by atoms with van der Waals surface area (Å²) in [6.45, 7) is 8.02. The molecule has 11 nitrogen and oxygen atoms in total. The molecule has 0 aliphatic carbocycles.